The number of thiophene rings is 1. The zero-order valence-electron chi connectivity index (χ0n) is 9.06. The van der Waals surface area contributed by atoms with E-state index >= 15 is 0 Å². The lowest BCUT2D eigenvalue weighted by atomic mass is 10.2. The molecule has 1 aromatic carbocycles. The highest BCUT2D eigenvalue weighted by Crippen LogP contribution is 2.33. The first-order valence-corrected chi connectivity index (χ1v) is 7.37. The maximum absolute atomic E-state index is 6.20. The molecular weight excluding hydrogens is 341 g/mol. The molecule has 1 aromatic heterocycles. The fraction of sp³-hybridized carbons (Fsp3) is 0.167. The second-order valence-corrected chi connectivity index (χ2v) is 6.60. The molecule has 2 rings (SSSR count). The van der Waals surface area contributed by atoms with Crippen molar-refractivity contribution in [2.24, 2.45) is 0 Å². The van der Waals surface area contributed by atoms with Crippen LogP contribution in [-0.2, 0) is 6.54 Å². The van der Waals surface area contributed by atoms with E-state index in [-0.39, 0.29) is 0 Å². The Bertz CT molecular complexity index is 520. The van der Waals surface area contributed by atoms with Crippen LogP contribution in [0, 0.1) is 6.92 Å². The number of rotatable bonds is 3. The van der Waals surface area contributed by atoms with Crippen molar-refractivity contribution >= 4 is 56.2 Å². The summed E-state index contributed by atoms with van der Waals surface area (Å²) in [6.45, 7) is 2.71. The Hall–Kier alpha value is -0.220. The van der Waals surface area contributed by atoms with Crippen LogP contribution in [0.1, 0.15) is 10.4 Å². The van der Waals surface area contributed by atoms with Gasteiger partial charge < -0.3 is 5.32 Å². The maximum atomic E-state index is 6.20. The number of aryl methyl sites for hydroxylation is 1. The smallest absolute Gasteiger partial charge is 0.107 e. The average molecular weight is 351 g/mol. The highest BCUT2D eigenvalue weighted by molar-refractivity contribution is 9.10. The quantitative estimate of drug-likeness (QED) is 0.744. The zero-order chi connectivity index (χ0) is 12.4. The van der Waals surface area contributed by atoms with Gasteiger partial charge in [-0.25, -0.2) is 0 Å². The van der Waals surface area contributed by atoms with Gasteiger partial charge in [-0.05, 0) is 40.5 Å². The van der Waals surface area contributed by atoms with Gasteiger partial charge in [-0.2, -0.15) is 0 Å². The van der Waals surface area contributed by atoms with E-state index in [1.54, 1.807) is 11.3 Å². The molecule has 0 aliphatic heterocycles. The summed E-state index contributed by atoms with van der Waals surface area (Å²) in [5.41, 5.74) is 2.02. The van der Waals surface area contributed by atoms with E-state index in [0.717, 1.165) is 31.6 Å². The van der Waals surface area contributed by atoms with Gasteiger partial charge in [0.25, 0.3) is 0 Å². The molecule has 0 bridgehead atoms. The molecule has 0 aliphatic carbocycles. The fourth-order valence-electron chi connectivity index (χ4n) is 1.44. The summed E-state index contributed by atoms with van der Waals surface area (Å²) in [5, 5.41) is 4.08. The van der Waals surface area contributed by atoms with Crippen LogP contribution in [0.15, 0.2) is 28.7 Å². The number of anilines is 1. The van der Waals surface area contributed by atoms with Crippen LogP contribution in [0.3, 0.4) is 0 Å². The van der Waals surface area contributed by atoms with Gasteiger partial charge in [0.15, 0.2) is 0 Å². The molecule has 0 saturated heterocycles. The molecule has 0 saturated carbocycles. The van der Waals surface area contributed by atoms with E-state index < -0.39 is 0 Å². The van der Waals surface area contributed by atoms with Crippen molar-refractivity contribution in [3.63, 3.8) is 0 Å². The molecule has 0 atom stereocenters. The highest BCUT2D eigenvalue weighted by atomic mass is 79.9. The topological polar surface area (TPSA) is 12.0 Å². The number of hydrogen-bond acceptors (Lipinski definition) is 2. The van der Waals surface area contributed by atoms with Crippen molar-refractivity contribution in [2.45, 2.75) is 13.5 Å². The van der Waals surface area contributed by atoms with Crippen molar-refractivity contribution in [3.8, 4) is 0 Å². The van der Waals surface area contributed by atoms with Gasteiger partial charge in [0.2, 0.25) is 0 Å². The molecular formula is C12H10BrCl2NS. The first-order chi connectivity index (χ1) is 8.08. The van der Waals surface area contributed by atoms with Gasteiger partial charge >= 0.3 is 0 Å². The lowest BCUT2D eigenvalue weighted by Crippen LogP contribution is -1.98. The lowest BCUT2D eigenvalue weighted by molar-refractivity contribution is 1.19. The average Bonchev–Trinajstić information content (AvgIpc) is 2.61. The zero-order valence-corrected chi connectivity index (χ0v) is 13.0. The molecule has 2 aromatic rings. The van der Waals surface area contributed by atoms with Gasteiger partial charge in [0.1, 0.15) is 4.34 Å². The van der Waals surface area contributed by atoms with Crippen LogP contribution < -0.4 is 5.32 Å². The molecule has 0 fully saturated rings. The van der Waals surface area contributed by atoms with Crippen molar-refractivity contribution in [3.05, 3.63) is 48.5 Å². The first-order valence-electron chi connectivity index (χ1n) is 5.00. The van der Waals surface area contributed by atoms with Gasteiger partial charge in [0, 0.05) is 15.9 Å². The summed E-state index contributed by atoms with van der Waals surface area (Å²) in [7, 11) is 0. The van der Waals surface area contributed by atoms with E-state index in [0.29, 0.717) is 0 Å². The minimum atomic E-state index is 0.721. The Morgan fingerprint density at radius 3 is 2.76 bits per heavy atom. The van der Waals surface area contributed by atoms with E-state index in [4.69, 9.17) is 23.2 Å². The van der Waals surface area contributed by atoms with E-state index in [2.05, 4.69) is 21.2 Å². The third kappa shape index (κ3) is 3.16. The van der Waals surface area contributed by atoms with E-state index in [9.17, 15) is 0 Å². The Morgan fingerprint density at radius 2 is 2.12 bits per heavy atom. The van der Waals surface area contributed by atoms with Crippen LogP contribution >= 0.6 is 50.5 Å². The van der Waals surface area contributed by atoms with Gasteiger partial charge in [0.05, 0.1) is 10.7 Å². The van der Waals surface area contributed by atoms with E-state index in [1.165, 1.54) is 4.88 Å². The molecule has 1 nitrogen and oxygen atoms in total. The SMILES string of the molecule is Cc1cccc(NCc2cc(Br)c(Cl)s2)c1Cl. The van der Waals surface area contributed by atoms with Crippen molar-refractivity contribution in [2.75, 3.05) is 5.32 Å². The van der Waals surface area contributed by atoms with Crippen molar-refractivity contribution < 1.29 is 0 Å². The third-order valence-corrected chi connectivity index (χ3v) is 5.32. The second-order valence-electron chi connectivity index (χ2n) is 3.62. The Morgan fingerprint density at radius 1 is 1.35 bits per heavy atom. The highest BCUT2D eigenvalue weighted by Gasteiger charge is 2.06. The van der Waals surface area contributed by atoms with Crippen LogP contribution in [0.25, 0.3) is 0 Å². The Labute approximate surface area is 123 Å². The predicted octanol–water partition coefficient (Wildman–Crippen LogP) is 5.74. The molecule has 0 unspecified atom stereocenters. The lowest BCUT2D eigenvalue weighted by Gasteiger charge is -2.08. The van der Waals surface area contributed by atoms with Crippen molar-refractivity contribution in [1.82, 2.24) is 0 Å². The Kier molecular flexibility index (Phi) is 4.36. The normalized spacial score (nSPS) is 10.6. The number of nitrogens with one attached hydrogen (secondary N) is 1. The van der Waals surface area contributed by atoms with E-state index in [1.807, 2.05) is 31.2 Å². The monoisotopic (exact) mass is 349 g/mol. The number of hydrogen-bond donors (Lipinski definition) is 1. The third-order valence-electron chi connectivity index (χ3n) is 2.34. The number of halogens is 3. The second kappa shape index (κ2) is 5.61. The molecule has 0 aliphatic rings. The number of benzene rings is 1. The molecule has 1 N–H and O–H groups in total. The minimum absolute atomic E-state index is 0.721. The van der Waals surface area contributed by atoms with Crippen LogP contribution in [-0.4, -0.2) is 0 Å². The Balaban J connectivity index is 2.10. The summed E-state index contributed by atoms with van der Waals surface area (Å²) in [4.78, 5) is 1.17. The van der Waals surface area contributed by atoms with Crippen LogP contribution in [0.2, 0.25) is 9.36 Å². The molecule has 17 heavy (non-hydrogen) atoms. The van der Waals surface area contributed by atoms with Gasteiger partial charge in [-0.15, -0.1) is 11.3 Å². The standard InChI is InChI=1S/C12H10BrCl2NS/c1-7-3-2-4-10(11(7)14)16-6-8-5-9(13)12(15)17-8/h2-5,16H,6H2,1H3. The maximum Gasteiger partial charge on any atom is 0.107 e. The summed E-state index contributed by atoms with van der Waals surface area (Å²) < 4.78 is 1.72. The molecule has 1 heterocycles. The molecule has 0 spiro atoms. The summed E-state index contributed by atoms with van der Waals surface area (Å²) in [6, 6.07) is 7.97. The molecule has 90 valence electrons. The molecule has 5 heteroatoms. The molecule has 0 amide bonds. The minimum Gasteiger partial charge on any atom is -0.379 e. The van der Waals surface area contributed by atoms with Gasteiger partial charge in [-0.1, -0.05) is 35.3 Å². The van der Waals surface area contributed by atoms with Gasteiger partial charge in [-0.3, -0.25) is 0 Å². The summed E-state index contributed by atoms with van der Waals surface area (Å²) in [5.74, 6) is 0. The summed E-state index contributed by atoms with van der Waals surface area (Å²) >= 11 is 17.1. The predicted molar refractivity (Wildman–Crippen MR) is 80.5 cm³/mol. The fourth-order valence-corrected chi connectivity index (χ4v) is 3.37. The molecule has 0 radical (unpaired) electrons. The summed E-state index contributed by atoms with van der Waals surface area (Å²) in [6.07, 6.45) is 0. The van der Waals surface area contributed by atoms with Crippen LogP contribution in [0.4, 0.5) is 5.69 Å². The van der Waals surface area contributed by atoms with Crippen molar-refractivity contribution in [1.29, 1.82) is 0 Å². The first kappa shape index (κ1) is 13.2. The van der Waals surface area contributed by atoms with Crippen LogP contribution in [0.5, 0.6) is 0 Å². The largest absolute Gasteiger partial charge is 0.379 e.